The number of rotatable bonds is 2. The van der Waals surface area contributed by atoms with Gasteiger partial charge in [-0.15, -0.1) is 0 Å². The highest BCUT2D eigenvalue weighted by molar-refractivity contribution is 6.14. The van der Waals surface area contributed by atoms with Crippen LogP contribution in [-0.2, 0) is 19.0 Å². The van der Waals surface area contributed by atoms with Gasteiger partial charge in [0, 0.05) is 16.6 Å². The summed E-state index contributed by atoms with van der Waals surface area (Å²) in [4.78, 5) is 16.4. The van der Waals surface area contributed by atoms with Crippen LogP contribution in [0.4, 0.5) is 18.9 Å². The molecular weight excluding hydrogens is 357 g/mol. The van der Waals surface area contributed by atoms with Crippen LogP contribution in [0.3, 0.4) is 0 Å². The van der Waals surface area contributed by atoms with Gasteiger partial charge in [-0.25, -0.2) is 4.98 Å². The second-order valence-corrected chi connectivity index (χ2v) is 6.83. The van der Waals surface area contributed by atoms with Crippen molar-refractivity contribution in [2.24, 2.45) is 0 Å². The summed E-state index contributed by atoms with van der Waals surface area (Å²) in [5.74, 6) is -0.627. The van der Waals surface area contributed by atoms with Crippen LogP contribution in [0.1, 0.15) is 51.5 Å². The number of nitrogens with zero attached hydrogens (tertiary/aromatic N) is 1. The zero-order valence-corrected chi connectivity index (χ0v) is 14.6. The number of pyridine rings is 1. The van der Waals surface area contributed by atoms with E-state index >= 15 is 0 Å². The Labute approximate surface area is 153 Å². The third-order valence-corrected chi connectivity index (χ3v) is 5.02. The van der Waals surface area contributed by atoms with Crippen molar-refractivity contribution >= 4 is 22.4 Å². The fourth-order valence-corrected chi connectivity index (χ4v) is 3.60. The van der Waals surface area contributed by atoms with Crippen molar-refractivity contribution in [2.75, 3.05) is 5.73 Å². The highest BCUT2D eigenvalue weighted by Gasteiger charge is 2.33. The Kier molecular flexibility index (Phi) is 3.98. The number of nitrogen functional groups attached to an aromatic ring is 1. The second-order valence-electron chi connectivity index (χ2n) is 6.83. The van der Waals surface area contributed by atoms with Gasteiger partial charge in [-0.3, -0.25) is 4.79 Å². The van der Waals surface area contributed by atoms with Crippen LogP contribution in [-0.4, -0.2) is 10.8 Å². The Balaban J connectivity index is 1.78. The first-order valence-electron chi connectivity index (χ1n) is 8.69. The number of alkyl halides is 3. The summed E-state index contributed by atoms with van der Waals surface area (Å²) in [5.41, 5.74) is 8.25. The Bertz CT molecular complexity index is 1070. The van der Waals surface area contributed by atoms with Crippen molar-refractivity contribution < 1.29 is 22.4 Å². The quantitative estimate of drug-likeness (QED) is 0.651. The molecule has 1 aliphatic carbocycles. The van der Waals surface area contributed by atoms with E-state index in [-0.39, 0.29) is 22.7 Å². The van der Waals surface area contributed by atoms with E-state index in [0.717, 1.165) is 37.8 Å². The maximum Gasteiger partial charge on any atom is 0.433 e. The number of aromatic nitrogens is 1. The van der Waals surface area contributed by atoms with Gasteiger partial charge >= 0.3 is 6.18 Å². The summed E-state index contributed by atoms with van der Waals surface area (Å²) in [6.07, 6.45) is -0.433. The highest BCUT2D eigenvalue weighted by atomic mass is 19.4. The molecule has 7 heteroatoms. The number of ketones is 1. The van der Waals surface area contributed by atoms with Gasteiger partial charge in [-0.2, -0.15) is 13.2 Å². The van der Waals surface area contributed by atoms with E-state index in [2.05, 4.69) is 4.98 Å². The molecule has 0 bridgehead atoms. The van der Waals surface area contributed by atoms with Gasteiger partial charge in [0.15, 0.2) is 5.76 Å². The van der Waals surface area contributed by atoms with Crippen molar-refractivity contribution in [3.05, 3.63) is 58.1 Å². The molecule has 0 atom stereocenters. The fraction of sp³-hybridized carbons (Fsp3) is 0.300. The lowest BCUT2D eigenvalue weighted by atomic mass is 9.90. The van der Waals surface area contributed by atoms with Crippen LogP contribution in [0.5, 0.6) is 0 Å². The van der Waals surface area contributed by atoms with E-state index in [1.54, 1.807) is 0 Å². The highest BCUT2D eigenvalue weighted by Crippen LogP contribution is 2.35. The van der Waals surface area contributed by atoms with Gasteiger partial charge in [0.05, 0.1) is 5.69 Å². The Morgan fingerprint density at radius 2 is 1.81 bits per heavy atom. The van der Waals surface area contributed by atoms with E-state index in [0.29, 0.717) is 11.0 Å². The van der Waals surface area contributed by atoms with Gasteiger partial charge in [0.2, 0.25) is 5.78 Å². The molecule has 0 fully saturated rings. The average Bonchev–Trinajstić information content (AvgIpc) is 2.94. The van der Waals surface area contributed by atoms with Crippen molar-refractivity contribution in [1.82, 2.24) is 4.98 Å². The number of carbonyl (C=O) groups is 1. The topological polar surface area (TPSA) is 69.1 Å². The molecule has 1 aromatic carbocycles. The molecule has 4 rings (SSSR count). The molecule has 0 aliphatic heterocycles. The maximum atomic E-state index is 12.8. The largest absolute Gasteiger partial charge is 0.450 e. The van der Waals surface area contributed by atoms with E-state index in [1.165, 1.54) is 18.1 Å². The van der Waals surface area contributed by atoms with Crippen molar-refractivity contribution in [3.8, 4) is 0 Å². The van der Waals surface area contributed by atoms with Crippen LogP contribution in [0, 0.1) is 6.92 Å². The fourth-order valence-electron chi connectivity index (χ4n) is 3.60. The molecule has 1 aliphatic rings. The van der Waals surface area contributed by atoms with Crippen LogP contribution in [0.2, 0.25) is 0 Å². The van der Waals surface area contributed by atoms with Gasteiger partial charge in [-0.1, -0.05) is 0 Å². The van der Waals surface area contributed by atoms with E-state index < -0.39 is 17.7 Å². The lowest BCUT2D eigenvalue weighted by Crippen LogP contribution is -2.12. The lowest BCUT2D eigenvalue weighted by Gasteiger charge is -2.14. The van der Waals surface area contributed by atoms with E-state index in [4.69, 9.17) is 10.2 Å². The summed E-state index contributed by atoms with van der Waals surface area (Å²) in [6.45, 7) is 1.36. The van der Waals surface area contributed by atoms with Crippen molar-refractivity contribution in [1.29, 1.82) is 0 Å². The third kappa shape index (κ3) is 2.97. The zero-order valence-electron chi connectivity index (χ0n) is 14.6. The number of fused-ring (bicyclic) bond motifs is 2. The first kappa shape index (κ1) is 17.6. The summed E-state index contributed by atoms with van der Waals surface area (Å²) < 4.78 is 44.1. The molecular formula is C20H17F3N2O2. The minimum atomic E-state index is -4.57. The molecule has 2 N–H and O–H groups in total. The Morgan fingerprint density at radius 3 is 2.44 bits per heavy atom. The molecule has 0 saturated heterocycles. The zero-order chi connectivity index (χ0) is 19.3. The van der Waals surface area contributed by atoms with Gasteiger partial charge < -0.3 is 10.2 Å². The van der Waals surface area contributed by atoms with Gasteiger partial charge in [-0.05, 0) is 68.0 Å². The first-order valence-corrected chi connectivity index (χ1v) is 8.69. The molecule has 0 spiro atoms. The lowest BCUT2D eigenvalue weighted by molar-refractivity contribution is -0.141. The van der Waals surface area contributed by atoms with E-state index in [9.17, 15) is 18.0 Å². The van der Waals surface area contributed by atoms with Crippen LogP contribution in [0.25, 0.3) is 11.0 Å². The van der Waals surface area contributed by atoms with Gasteiger partial charge in [0.25, 0.3) is 0 Å². The number of halogens is 3. The summed E-state index contributed by atoms with van der Waals surface area (Å²) >= 11 is 0. The first-order chi connectivity index (χ1) is 12.8. The molecule has 0 radical (unpaired) electrons. The van der Waals surface area contributed by atoms with Crippen LogP contribution in [0.15, 0.2) is 28.7 Å². The molecule has 0 unspecified atom stereocenters. The Morgan fingerprint density at radius 1 is 1.15 bits per heavy atom. The Hall–Kier alpha value is -2.83. The van der Waals surface area contributed by atoms with Crippen molar-refractivity contribution in [3.63, 3.8) is 0 Å². The number of benzene rings is 1. The number of hydrogen-bond donors (Lipinski definition) is 1. The minimum Gasteiger partial charge on any atom is -0.450 e. The maximum absolute atomic E-state index is 12.8. The number of furan rings is 1. The minimum absolute atomic E-state index is 0.0195. The molecule has 3 aromatic rings. The predicted octanol–water partition coefficient (Wildman–Crippen LogP) is 4.85. The predicted molar refractivity (Wildman–Crippen MR) is 94.7 cm³/mol. The number of aryl methyl sites for hydroxylation is 3. The normalized spacial score (nSPS) is 14.4. The number of carbonyl (C=O) groups excluding carboxylic acids is 1. The number of anilines is 1. The van der Waals surface area contributed by atoms with Crippen LogP contribution >= 0.6 is 0 Å². The van der Waals surface area contributed by atoms with Crippen molar-refractivity contribution in [2.45, 2.75) is 38.8 Å². The van der Waals surface area contributed by atoms with Gasteiger partial charge in [0.1, 0.15) is 11.3 Å². The molecule has 27 heavy (non-hydrogen) atoms. The average molecular weight is 374 g/mol. The molecule has 0 amide bonds. The number of hydrogen-bond acceptors (Lipinski definition) is 4. The SMILES string of the molecule is Cc1nc(C(F)(F)F)ccc1C(=O)c1oc2cc3c(cc2c1N)CCCC3. The summed E-state index contributed by atoms with van der Waals surface area (Å²) in [6, 6.07) is 5.77. The molecule has 0 saturated carbocycles. The molecule has 4 nitrogen and oxygen atoms in total. The third-order valence-electron chi connectivity index (χ3n) is 5.02. The van der Waals surface area contributed by atoms with Crippen LogP contribution < -0.4 is 5.73 Å². The molecule has 2 heterocycles. The summed E-state index contributed by atoms with van der Waals surface area (Å²) in [5, 5.41) is 0.663. The smallest absolute Gasteiger partial charge is 0.433 e. The molecule has 140 valence electrons. The monoisotopic (exact) mass is 374 g/mol. The second kappa shape index (κ2) is 6.11. The number of nitrogens with two attached hydrogens (primary N) is 1. The van der Waals surface area contributed by atoms with E-state index in [1.807, 2.05) is 12.1 Å². The standard InChI is InChI=1S/C20H17F3N2O2/c1-10-13(6-7-16(25-10)20(21,22)23)18(26)19-17(24)14-8-11-4-2-3-5-12(11)9-15(14)27-19/h6-9H,2-5,24H2,1H3. The summed E-state index contributed by atoms with van der Waals surface area (Å²) in [7, 11) is 0. The molecule has 2 aromatic heterocycles.